The molecule has 1 N–H and O–H groups in total. The van der Waals surface area contributed by atoms with Crippen LogP contribution >= 0.6 is 0 Å². The third-order valence-corrected chi connectivity index (χ3v) is 6.13. The van der Waals surface area contributed by atoms with Crippen molar-refractivity contribution >= 4 is 16.9 Å². The Kier molecular flexibility index (Phi) is 5.58. The summed E-state index contributed by atoms with van der Waals surface area (Å²) in [4.78, 5) is 27.4. The van der Waals surface area contributed by atoms with Gasteiger partial charge < -0.3 is 14.6 Å². The Morgan fingerprint density at radius 2 is 1.78 bits per heavy atom. The van der Waals surface area contributed by atoms with E-state index in [0.717, 1.165) is 35.3 Å². The van der Waals surface area contributed by atoms with Gasteiger partial charge in [-0.05, 0) is 43.5 Å². The van der Waals surface area contributed by atoms with Gasteiger partial charge in [0.25, 0.3) is 5.91 Å². The molecule has 1 saturated heterocycles. The van der Waals surface area contributed by atoms with Crippen LogP contribution < -0.4 is 4.74 Å². The second-order valence-electron chi connectivity index (χ2n) is 8.26. The van der Waals surface area contributed by atoms with Crippen molar-refractivity contribution in [1.29, 1.82) is 0 Å². The zero-order chi connectivity index (χ0) is 21.9. The summed E-state index contributed by atoms with van der Waals surface area (Å²) in [6.45, 7) is 3.41. The molecule has 1 amide bonds. The summed E-state index contributed by atoms with van der Waals surface area (Å²) >= 11 is 0. The summed E-state index contributed by atoms with van der Waals surface area (Å²) in [5, 5.41) is 0. The first-order valence-electron chi connectivity index (χ1n) is 11.1. The van der Waals surface area contributed by atoms with Gasteiger partial charge in [0.2, 0.25) is 5.88 Å². The molecule has 5 rings (SSSR count). The van der Waals surface area contributed by atoms with E-state index in [1.165, 1.54) is 0 Å². The minimum absolute atomic E-state index is 0.0169. The molecular weight excluding hydrogens is 400 g/mol. The minimum atomic E-state index is -0.109. The second-order valence-corrected chi connectivity index (χ2v) is 8.26. The molecule has 2 aromatic carbocycles. The van der Waals surface area contributed by atoms with Crippen molar-refractivity contribution in [3.63, 3.8) is 0 Å². The first-order valence-corrected chi connectivity index (χ1v) is 11.1. The van der Waals surface area contributed by atoms with E-state index in [0.29, 0.717) is 30.5 Å². The van der Waals surface area contributed by atoms with Gasteiger partial charge in [0.1, 0.15) is 11.9 Å². The van der Waals surface area contributed by atoms with Crippen LogP contribution in [-0.4, -0.2) is 38.8 Å². The number of ether oxygens (including phenoxy) is 1. The molecule has 0 unspecified atom stereocenters. The zero-order valence-electron chi connectivity index (χ0n) is 18.1. The first-order chi connectivity index (χ1) is 15.7. The number of fused-ring (bicyclic) bond motifs is 1. The summed E-state index contributed by atoms with van der Waals surface area (Å²) in [5.41, 5.74) is 3.74. The average molecular weight is 427 g/mol. The number of likely N-dealkylation sites (tertiary alicyclic amines) is 1. The van der Waals surface area contributed by atoms with Crippen LogP contribution in [0.4, 0.5) is 0 Å². The van der Waals surface area contributed by atoms with Gasteiger partial charge in [0, 0.05) is 31.3 Å². The lowest BCUT2D eigenvalue weighted by Gasteiger charge is -2.31. The topological polar surface area (TPSA) is 71.1 Å². The number of H-pyrrole nitrogens is 1. The number of rotatable bonds is 5. The van der Waals surface area contributed by atoms with Crippen LogP contribution in [0.1, 0.15) is 53.5 Å². The molecule has 0 bridgehead atoms. The average Bonchev–Trinajstić information content (AvgIpc) is 3.29. The Labute approximate surface area is 187 Å². The summed E-state index contributed by atoms with van der Waals surface area (Å²) < 4.78 is 5.92. The molecule has 32 heavy (non-hydrogen) atoms. The highest BCUT2D eigenvalue weighted by molar-refractivity contribution is 5.94. The molecule has 0 saturated carbocycles. The van der Waals surface area contributed by atoms with Crippen LogP contribution in [-0.2, 0) is 0 Å². The molecule has 6 heteroatoms. The number of para-hydroxylation sites is 2. The number of carbonyl (C=O) groups is 1. The number of hydrogen-bond donors (Lipinski definition) is 1. The van der Waals surface area contributed by atoms with Crippen LogP contribution in [0.2, 0.25) is 0 Å². The van der Waals surface area contributed by atoms with Crippen molar-refractivity contribution in [2.45, 2.75) is 31.8 Å². The summed E-state index contributed by atoms with van der Waals surface area (Å²) in [5.74, 6) is 1.90. The smallest absolute Gasteiger partial charge is 0.255 e. The van der Waals surface area contributed by atoms with E-state index < -0.39 is 0 Å². The molecule has 0 aliphatic carbocycles. The number of piperidine rings is 1. The standard InChI is InChI=1S/C26H26N4O2/c1-18(19-7-3-2-4-8-19)32-24-12-11-21(17-27-24)26(31)30-15-13-20(14-16-30)25-28-22-9-5-6-10-23(22)29-25/h2-12,17-18,20H,13-16H2,1H3,(H,28,29)/t18-/m1/s1. The van der Waals surface area contributed by atoms with Crippen molar-refractivity contribution < 1.29 is 9.53 Å². The van der Waals surface area contributed by atoms with Crippen LogP contribution in [0.25, 0.3) is 11.0 Å². The highest BCUT2D eigenvalue weighted by Crippen LogP contribution is 2.28. The number of aromatic nitrogens is 3. The highest BCUT2D eigenvalue weighted by atomic mass is 16.5. The lowest BCUT2D eigenvalue weighted by Crippen LogP contribution is -2.38. The van der Waals surface area contributed by atoms with Crippen molar-refractivity contribution in [1.82, 2.24) is 19.9 Å². The van der Waals surface area contributed by atoms with Crippen molar-refractivity contribution in [3.8, 4) is 5.88 Å². The predicted octanol–water partition coefficient (Wildman–Crippen LogP) is 5.12. The number of imidazole rings is 1. The van der Waals surface area contributed by atoms with E-state index >= 15 is 0 Å². The van der Waals surface area contributed by atoms with Gasteiger partial charge in [0.15, 0.2) is 0 Å². The van der Waals surface area contributed by atoms with Gasteiger partial charge in [-0.15, -0.1) is 0 Å². The molecule has 0 spiro atoms. The fraction of sp³-hybridized carbons (Fsp3) is 0.269. The normalized spacial score (nSPS) is 15.6. The lowest BCUT2D eigenvalue weighted by atomic mass is 9.96. The van der Waals surface area contributed by atoms with E-state index in [-0.39, 0.29) is 12.0 Å². The number of nitrogens with one attached hydrogen (secondary N) is 1. The molecular formula is C26H26N4O2. The largest absolute Gasteiger partial charge is 0.470 e. The monoisotopic (exact) mass is 426 g/mol. The van der Waals surface area contributed by atoms with E-state index in [1.54, 1.807) is 18.3 Å². The van der Waals surface area contributed by atoms with Crippen molar-refractivity contribution in [2.75, 3.05) is 13.1 Å². The first kappa shape index (κ1) is 20.2. The molecule has 1 atom stereocenters. The Morgan fingerprint density at radius 3 is 2.50 bits per heavy atom. The van der Waals surface area contributed by atoms with Gasteiger partial charge >= 0.3 is 0 Å². The van der Waals surface area contributed by atoms with Crippen molar-refractivity contribution in [2.24, 2.45) is 0 Å². The molecule has 6 nitrogen and oxygen atoms in total. The van der Waals surface area contributed by atoms with Gasteiger partial charge in [-0.25, -0.2) is 9.97 Å². The molecule has 1 aliphatic heterocycles. The van der Waals surface area contributed by atoms with Gasteiger partial charge in [-0.1, -0.05) is 42.5 Å². The number of nitrogens with zero attached hydrogens (tertiary/aromatic N) is 3. The SMILES string of the molecule is C[C@@H](Oc1ccc(C(=O)N2CCC(c3nc4ccccc4[nH]3)CC2)cn1)c1ccccc1. The third-order valence-electron chi connectivity index (χ3n) is 6.13. The molecule has 2 aromatic heterocycles. The zero-order valence-corrected chi connectivity index (χ0v) is 18.1. The van der Waals surface area contributed by atoms with E-state index in [1.807, 2.05) is 66.4 Å². The summed E-state index contributed by atoms with van der Waals surface area (Å²) in [7, 11) is 0. The second kappa shape index (κ2) is 8.83. The molecule has 0 radical (unpaired) electrons. The van der Waals surface area contributed by atoms with Crippen LogP contribution in [0.3, 0.4) is 0 Å². The highest BCUT2D eigenvalue weighted by Gasteiger charge is 2.26. The maximum atomic E-state index is 13.0. The number of hydrogen-bond acceptors (Lipinski definition) is 4. The Bertz CT molecular complexity index is 1160. The summed E-state index contributed by atoms with van der Waals surface area (Å²) in [6, 6.07) is 21.7. The lowest BCUT2D eigenvalue weighted by molar-refractivity contribution is 0.0710. The molecule has 3 heterocycles. The minimum Gasteiger partial charge on any atom is -0.470 e. The quantitative estimate of drug-likeness (QED) is 0.481. The number of carbonyl (C=O) groups excluding carboxylic acids is 1. The Balaban J connectivity index is 1.19. The molecule has 4 aromatic rings. The van der Waals surface area contributed by atoms with Crippen LogP contribution in [0.5, 0.6) is 5.88 Å². The molecule has 162 valence electrons. The molecule has 1 aliphatic rings. The number of aromatic amines is 1. The van der Waals surface area contributed by atoms with E-state index in [2.05, 4.69) is 9.97 Å². The maximum Gasteiger partial charge on any atom is 0.255 e. The van der Waals surface area contributed by atoms with Gasteiger partial charge in [-0.3, -0.25) is 4.79 Å². The van der Waals surface area contributed by atoms with E-state index in [4.69, 9.17) is 9.72 Å². The Hall–Kier alpha value is -3.67. The number of amides is 1. The summed E-state index contributed by atoms with van der Waals surface area (Å²) in [6.07, 6.45) is 3.30. The van der Waals surface area contributed by atoms with Crippen molar-refractivity contribution in [3.05, 3.63) is 89.9 Å². The number of pyridine rings is 1. The van der Waals surface area contributed by atoms with Crippen LogP contribution in [0.15, 0.2) is 72.9 Å². The fourth-order valence-corrected chi connectivity index (χ4v) is 4.25. The maximum absolute atomic E-state index is 13.0. The number of benzene rings is 2. The fourth-order valence-electron chi connectivity index (χ4n) is 4.25. The Morgan fingerprint density at radius 1 is 1.03 bits per heavy atom. The van der Waals surface area contributed by atoms with E-state index in [9.17, 15) is 4.79 Å². The predicted molar refractivity (Wildman–Crippen MR) is 124 cm³/mol. The third kappa shape index (κ3) is 4.21. The molecule has 1 fully saturated rings. The van der Waals surface area contributed by atoms with Gasteiger partial charge in [0.05, 0.1) is 16.6 Å². The van der Waals surface area contributed by atoms with Gasteiger partial charge in [-0.2, -0.15) is 0 Å². The van der Waals surface area contributed by atoms with Crippen LogP contribution in [0, 0.1) is 0 Å².